The van der Waals surface area contributed by atoms with Crippen molar-refractivity contribution < 1.29 is 14.3 Å². The van der Waals surface area contributed by atoms with E-state index in [1.54, 1.807) is 0 Å². The van der Waals surface area contributed by atoms with Crippen molar-refractivity contribution >= 4 is 12.0 Å². The molecule has 0 aliphatic carbocycles. The molecular formula is C12H24N2O3. The number of rotatable bonds is 6. The fraction of sp³-hybridized carbons (Fsp3) is 0.833. The Kier molecular flexibility index (Phi) is 7.34. The number of ether oxygens (including phenoxy) is 1. The second-order valence-corrected chi connectivity index (χ2v) is 4.63. The van der Waals surface area contributed by atoms with Crippen molar-refractivity contribution in [1.82, 2.24) is 10.6 Å². The molecule has 0 heterocycles. The molecule has 0 saturated carbocycles. The molecule has 0 radical (unpaired) electrons. The minimum atomic E-state index is -0.586. The lowest BCUT2D eigenvalue weighted by molar-refractivity contribution is -0.144. The average Bonchev–Trinajstić information content (AvgIpc) is 2.31. The van der Waals surface area contributed by atoms with Crippen molar-refractivity contribution in [3.8, 4) is 0 Å². The zero-order valence-corrected chi connectivity index (χ0v) is 11.4. The lowest BCUT2D eigenvalue weighted by Gasteiger charge is -2.22. The second-order valence-electron chi connectivity index (χ2n) is 4.63. The van der Waals surface area contributed by atoms with Crippen LogP contribution in [0.1, 0.15) is 34.1 Å². The maximum absolute atomic E-state index is 11.6. The first-order valence-corrected chi connectivity index (χ1v) is 6.04. The fourth-order valence-electron chi connectivity index (χ4n) is 1.29. The first-order chi connectivity index (χ1) is 7.92. The van der Waals surface area contributed by atoms with Crippen LogP contribution in [0.15, 0.2) is 0 Å². The number of hydrogen-bond donors (Lipinski definition) is 2. The molecule has 100 valence electrons. The van der Waals surface area contributed by atoms with E-state index in [0.29, 0.717) is 12.5 Å². The van der Waals surface area contributed by atoms with Gasteiger partial charge in [-0.2, -0.15) is 0 Å². The summed E-state index contributed by atoms with van der Waals surface area (Å²) < 4.78 is 4.68. The van der Waals surface area contributed by atoms with Gasteiger partial charge in [0.1, 0.15) is 6.04 Å². The molecule has 0 spiro atoms. The van der Waals surface area contributed by atoms with Gasteiger partial charge in [0.25, 0.3) is 0 Å². The molecule has 2 amide bonds. The molecule has 5 heteroatoms. The largest absolute Gasteiger partial charge is 0.467 e. The van der Waals surface area contributed by atoms with Gasteiger partial charge in [-0.25, -0.2) is 9.59 Å². The van der Waals surface area contributed by atoms with Crippen LogP contribution in [0, 0.1) is 11.8 Å². The standard InChI is InChI=1S/C12H24N2O3/c1-6-9(4)10(11(15)17-5)14-12(16)13-7-8(2)3/h8-10H,6-7H2,1-5H3,(H2,13,14,16). The average molecular weight is 244 g/mol. The third-order valence-corrected chi connectivity index (χ3v) is 2.63. The van der Waals surface area contributed by atoms with Crippen LogP contribution in [0.2, 0.25) is 0 Å². The van der Waals surface area contributed by atoms with Crippen LogP contribution < -0.4 is 10.6 Å². The molecule has 17 heavy (non-hydrogen) atoms. The van der Waals surface area contributed by atoms with E-state index >= 15 is 0 Å². The summed E-state index contributed by atoms with van der Waals surface area (Å²) in [4.78, 5) is 23.1. The summed E-state index contributed by atoms with van der Waals surface area (Å²) in [5, 5.41) is 5.36. The van der Waals surface area contributed by atoms with Crippen LogP contribution in [0.4, 0.5) is 4.79 Å². The molecule has 0 aromatic heterocycles. The van der Waals surface area contributed by atoms with Crippen molar-refractivity contribution in [2.45, 2.75) is 40.2 Å². The minimum absolute atomic E-state index is 0.0484. The van der Waals surface area contributed by atoms with Crippen LogP contribution in [0.25, 0.3) is 0 Å². The summed E-state index contributed by atoms with van der Waals surface area (Å²) in [5.74, 6) is 0.0206. The van der Waals surface area contributed by atoms with E-state index in [1.165, 1.54) is 7.11 Å². The Hall–Kier alpha value is -1.26. The molecule has 2 N–H and O–H groups in total. The number of carbonyl (C=O) groups is 2. The second kappa shape index (κ2) is 7.92. The predicted octanol–water partition coefficient (Wildman–Crippen LogP) is 1.53. The maximum Gasteiger partial charge on any atom is 0.328 e. The Morgan fingerprint density at radius 1 is 1.24 bits per heavy atom. The fourth-order valence-corrected chi connectivity index (χ4v) is 1.29. The van der Waals surface area contributed by atoms with Gasteiger partial charge in [-0.3, -0.25) is 0 Å². The van der Waals surface area contributed by atoms with Crippen LogP contribution in [0.3, 0.4) is 0 Å². The lowest BCUT2D eigenvalue weighted by Crippen LogP contribution is -2.50. The minimum Gasteiger partial charge on any atom is -0.467 e. The van der Waals surface area contributed by atoms with E-state index in [4.69, 9.17) is 0 Å². The number of hydrogen-bond acceptors (Lipinski definition) is 3. The van der Waals surface area contributed by atoms with Crippen molar-refractivity contribution in [2.75, 3.05) is 13.7 Å². The molecule has 2 unspecified atom stereocenters. The van der Waals surface area contributed by atoms with Crippen molar-refractivity contribution in [3.63, 3.8) is 0 Å². The Morgan fingerprint density at radius 3 is 2.24 bits per heavy atom. The van der Waals surface area contributed by atoms with Gasteiger partial charge in [0, 0.05) is 6.54 Å². The number of amides is 2. The predicted molar refractivity (Wildman–Crippen MR) is 66.6 cm³/mol. The Balaban J connectivity index is 4.33. The van der Waals surface area contributed by atoms with Gasteiger partial charge < -0.3 is 15.4 Å². The van der Waals surface area contributed by atoms with Gasteiger partial charge in [-0.15, -0.1) is 0 Å². The van der Waals surface area contributed by atoms with E-state index in [-0.39, 0.29) is 11.9 Å². The SMILES string of the molecule is CCC(C)C(NC(=O)NCC(C)C)C(=O)OC. The van der Waals surface area contributed by atoms with E-state index < -0.39 is 12.0 Å². The first-order valence-electron chi connectivity index (χ1n) is 6.04. The summed E-state index contributed by atoms with van der Waals surface area (Å²) in [6.45, 7) is 8.47. The summed E-state index contributed by atoms with van der Waals surface area (Å²) in [7, 11) is 1.32. The summed E-state index contributed by atoms with van der Waals surface area (Å²) >= 11 is 0. The third kappa shape index (κ3) is 6.14. The Morgan fingerprint density at radius 2 is 1.82 bits per heavy atom. The summed E-state index contributed by atoms with van der Waals surface area (Å²) in [6.07, 6.45) is 0.796. The Bertz CT molecular complexity index is 254. The van der Waals surface area contributed by atoms with Gasteiger partial charge >= 0.3 is 12.0 Å². The number of nitrogens with one attached hydrogen (secondary N) is 2. The van der Waals surface area contributed by atoms with E-state index in [0.717, 1.165) is 6.42 Å². The first kappa shape index (κ1) is 15.7. The highest BCUT2D eigenvalue weighted by Crippen LogP contribution is 2.08. The maximum atomic E-state index is 11.6. The van der Waals surface area contributed by atoms with Crippen molar-refractivity contribution in [3.05, 3.63) is 0 Å². The van der Waals surface area contributed by atoms with Gasteiger partial charge in [0.05, 0.1) is 7.11 Å². The highest BCUT2D eigenvalue weighted by molar-refractivity contribution is 5.83. The van der Waals surface area contributed by atoms with Gasteiger partial charge in [0.2, 0.25) is 0 Å². The zero-order chi connectivity index (χ0) is 13.4. The normalized spacial score (nSPS) is 14.0. The van der Waals surface area contributed by atoms with Crippen molar-refractivity contribution in [2.24, 2.45) is 11.8 Å². The van der Waals surface area contributed by atoms with Gasteiger partial charge in [-0.05, 0) is 11.8 Å². The molecule has 0 aliphatic rings. The van der Waals surface area contributed by atoms with E-state index in [9.17, 15) is 9.59 Å². The van der Waals surface area contributed by atoms with Gasteiger partial charge in [0.15, 0.2) is 0 Å². The van der Waals surface area contributed by atoms with Crippen LogP contribution in [-0.2, 0) is 9.53 Å². The topological polar surface area (TPSA) is 67.4 Å². The van der Waals surface area contributed by atoms with E-state index in [2.05, 4.69) is 15.4 Å². The molecule has 0 aromatic rings. The smallest absolute Gasteiger partial charge is 0.328 e. The molecule has 0 aromatic carbocycles. The zero-order valence-electron chi connectivity index (χ0n) is 11.4. The van der Waals surface area contributed by atoms with Crippen LogP contribution >= 0.6 is 0 Å². The molecule has 0 aliphatic heterocycles. The highest BCUT2D eigenvalue weighted by Gasteiger charge is 2.26. The molecular weight excluding hydrogens is 220 g/mol. The molecule has 5 nitrogen and oxygen atoms in total. The summed E-state index contributed by atoms with van der Waals surface area (Å²) in [5.41, 5.74) is 0. The van der Waals surface area contributed by atoms with Crippen LogP contribution in [0.5, 0.6) is 0 Å². The number of esters is 1. The molecule has 0 saturated heterocycles. The molecule has 2 atom stereocenters. The molecule has 0 fully saturated rings. The van der Waals surface area contributed by atoms with Crippen molar-refractivity contribution in [1.29, 1.82) is 0 Å². The number of methoxy groups -OCH3 is 1. The molecule has 0 bridgehead atoms. The highest BCUT2D eigenvalue weighted by atomic mass is 16.5. The molecule has 0 rings (SSSR count). The van der Waals surface area contributed by atoms with Gasteiger partial charge in [-0.1, -0.05) is 34.1 Å². The number of urea groups is 1. The summed E-state index contributed by atoms with van der Waals surface area (Å²) in [6, 6.07) is -0.911. The Labute approximate surface area is 103 Å². The third-order valence-electron chi connectivity index (χ3n) is 2.63. The quantitative estimate of drug-likeness (QED) is 0.696. The number of carbonyl (C=O) groups excluding carboxylic acids is 2. The monoisotopic (exact) mass is 244 g/mol. The lowest BCUT2D eigenvalue weighted by atomic mass is 9.99. The van der Waals surface area contributed by atoms with E-state index in [1.807, 2.05) is 27.7 Å². The van der Waals surface area contributed by atoms with Crippen LogP contribution in [-0.4, -0.2) is 31.7 Å².